The van der Waals surface area contributed by atoms with E-state index in [0.717, 1.165) is 18.4 Å². The van der Waals surface area contributed by atoms with Crippen molar-refractivity contribution >= 4 is 33.1 Å². The van der Waals surface area contributed by atoms with Gasteiger partial charge in [0.1, 0.15) is 4.99 Å². The van der Waals surface area contributed by atoms with Gasteiger partial charge in [-0.1, -0.05) is 12.2 Å². The molecule has 0 bridgehead atoms. The van der Waals surface area contributed by atoms with Gasteiger partial charge in [-0.25, -0.2) is 0 Å². The number of nitrogens with one attached hydrogen (secondary N) is 1. The predicted octanol–water partition coefficient (Wildman–Crippen LogP) is 0.754. The maximum Gasteiger partial charge on any atom is 0.301 e. The Morgan fingerprint density at radius 3 is 2.39 bits per heavy atom. The van der Waals surface area contributed by atoms with Crippen LogP contribution in [0.2, 0.25) is 0 Å². The molecule has 1 aliphatic carbocycles. The van der Waals surface area contributed by atoms with Gasteiger partial charge in [0.25, 0.3) is 0 Å². The van der Waals surface area contributed by atoms with Crippen molar-refractivity contribution in [3.8, 4) is 0 Å². The fourth-order valence-corrected chi connectivity index (χ4v) is 2.82. The normalized spacial score (nSPS) is 15.4. The summed E-state index contributed by atoms with van der Waals surface area (Å²) in [5, 5.41) is 0. The summed E-state index contributed by atoms with van der Waals surface area (Å²) in [6.45, 7) is 0. The van der Waals surface area contributed by atoms with E-state index in [4.69, 9.17) is 18.0 Å². The lowest BCUT2D eigenvalue weighted by Crippen LogP contribution is -2.39. The Hall–Kier alpha value is -1.18. The van der Waals surface area contributed by atoms with Gasteiger partial charge in [-0.2, -0.15) is 13.1 Å². The molecule has 0 heterocycles. The van der Waals surface area contributed by atoms with Crippen molar-refractivity contribution in [1.29, 1.82) is 0 Å². The van der Waals surface area contributed by atoms with Crippen LogP contribution in [0.25, 0.3) is 0 Å². The van der Waals surface area contributed by atoms with Crippen molar-refractivity contribution < 1.29 is 8.42 Å². The fraction of sp³-hybridized carbons (Fsp3) is 0.364. The lowest BCUT2D eigenvalue weighted by molar-refractivity contribution is 0.579. The van der Waals surface area contributed by atoms with Gasteiger partial charge in [-0.15, -0.1) is 0 Å². The zero-order valence-electron chi connectivity index (χ0n) is 9.96. The number of rotatable bonds is 5. The lowest BCUT2D eigenvalue weighted by Gasteiger charge is -2.19. The second kappa shape index (κ2) is 4.83. The predicted molar refractivity (Wildman–Crippen MR) is 75.8 cm³/mol. The molecule has 1 aromatic rings. The summed E-state index contributed by atoms with van der Waals surface area (Å²) < 4.78 is 27.8. The number of hydrogen-bond donors (Lipinski definition) is 2. The van der Waals surface area contributed by atoms with E-state index in [9.17, 15) is 8.42 Å². The van der Waals surface area contributed by atoms with E-state index in [1.165, 1.54) is 11.4 Å². The average Bonchev–Trinajstić information content (AvgIpc) is 3.11. The zero-order valence-corrected chi connectivity index (χ0v) is 11.6. The molecular formula is C11H15N3O2S2. The van der Waals surface area contributed by atoms with Crippen molar-refractivity contribution in [2.45, 2.75) is 18.9 Å². The first-order valence-corrected chi connectivity index (χ1v) is 7.41. The number of thiocarbonyl (C=S) groups is 1. The van der Waals surface area contributed by atoms with Crippen LogP contribution in [-0.4, -0.2) is 26.5 Å². The van der Waals surface area contributed by atoms with Gasteiger partial charge < -0.3 is 5.73 Å². The molecule has 18 heavy (non-hydrogen) atoms. The molecule has 1 aromatic carbocycles. The van der Waals surface area contributed by atoms with Crippen LogP contribution in [0.3, 0.4) is 0 Å². The average molecular weight is 285 g/mol. The van der Waals surface area contributed by atoms with E-state index < -0.39 is 10.2 Å². The summed E-state index contributed by atoms with van der Waals surface area (Å²) in [5.74, 6) is 0. The summed E-state index contributed by atoms with van der Waals surface area (Å²) in [7, 11) is -1.95. The summed E-state index contributed by atoms with van der Waals surface area (Å²) in [6.07, 6.45) is 1.82. The maximum atomic E-state index is 12.0. The number of nitrogens with zero attached hydrogens (tertiary/aromatic N) is 1. The van der Waals surface area contributed by atoms with E-state index in [2.05, 4.69) is 4.72 Å². The van der Waals surface area contributed by atoms with Crippen molar-refractivity contribution in [2.24, 2.45) is 5.73 Å². The first-order valence-electron chi connectivity index (χ1n) is 5.56. The van der Waals surface area contributed by atoms with E-state index in [1.807, 2.05) is 0 Å². The molecule has 0 radical (unpaired) electrons. The first kappa shape index (κ1) is 13.3. The Balaban J connectivity index is 2.17. The SMILES string of the molecule is CN(c1ccc(C(N)=S)cc1)S(=O)(=O)NC1CC1. The highest BCUT2D eigenvalue weighted by molar-refractivity contribution is 7.90. The molecule has 0 amide bonds. The zero-order chi connectivity index (χ0) is 13.3. The third-order valence-electron chi connectivity index (χ3n) is 2.77. The topological polar surface area (TPSA) is 75.4 Å². The second-order valence-electron chi connectivity index (χ2n) is 4.28. The monoisotopic (exact) mass is 285 g/mol. The van der Waals surface area contributed by atoms with Crippen LogP contribution in [0.1, 0.15) is 18.4 Å². The van der Waals surface area contributed by atoms with Gasteiger partial charge in [0.15, 0.2) is 0 Å². The summed E-state index contributed by atoms with van der Waals surface area (Å²) in [4.78, 5) is 0.295. The molecule has 0 saturated heterocycles. The van der Waals surface area contributed by atoms with Crippen molar-refractivity contribution in [1.82, 2.24) is 4.72 Å². The quantitative estimate of drug-likeness (QED) is 0.783. The summed E-state index contributed by atoms with van der Waals surface area (Å²) in [5.41, 5.74) is 6.78. The van der Waals surface area contributed by atoms with Gasteiger partial charge in [0.05, 0.1) is 5.69 Å². The minimum Gasteiger partial charge on any atom is -0.389 e. The second-order valence-corrected chi connectivity index (χ2v) is 6.45. The van der Waals surface area contributed by atoms with Crippen LogP contribution < -0.4 is 14.8 Å². The lowest BCUT2D eigenvalue weighted by atomic mass is 10.2. The highest BCUT2D eigenvalue weighted by Crippen LogP contribution is 2.22. The summed E-state index contributed by atoms with van der Waals surface area (Å²) in [6, 6.07) is 6.87. The molecule has 7 heteroatoms. The molecular weight excluding hydrogens is 270 g/mol. The highest BCUT2D eigenvalue weighted by Gasteiger charge is 2.29. The minimum absolute atomic E-state index is 0.0911. The Labute approximate surface area is 112 Å². The minimum atomic E-state index is -3.46. The van der Waals surface area contributed by atoms with Crippen LogP contribution >= 0.6 is 12.2 Å². The molecule has 0 aliphatic heterocycles. The largest absolute Gasteiger partial charge is 0.389 e. The third kappa shape index (κ3) is 2.98. The van der Waals surface area contributed by atoms with Crippen LogP contribution in [-0.2, 0) is 10.2 Å². The number of hydrogen-bond acceptors (Lipinski definition) is 3. The molecule has 1 aliphatic rings. The van der Waals surface area contributed by atoms with Gasteiger partial charge in [-0.05, 0) is 37.1 Å². The number of benzene rings is 1. The van der Waals surface area contributed by atoms with Crippen LogP contribution in [0, 0.1) is 0 Å². The van der Waals surface area contributed by atoms with Gasteiger partial charge in [0, 0.05) is 18.7 Å². The van der Waals surface area contributed by atoms with Crippen molar-refractivity contribution in [2.75, 3.05) is 11.4 Å². The molecule has 2 rings (SSSR count). The first-order chi connectivity index (χ1) is 8.40. The Morgan fingerprint density at radius 2 is 1.94 bits per heavy atom. The molecule has 0 aromatic heterocycles. The Morgan fingerprint density at radius 1 is 1.39 bits per heavy atom. The number of anilines is 1. The Kier molecular flexibility index (Phi) is 3.56. The van der Waals surface area contributed by atoms with Crippen molar-refractivity contribution in [3.63, 3.8) is 0 Å². The smallest absolute Gasteiger partial charge is 0.301 e. The molecule has 1 saturated carbocycles. The molecule has 98 valence electrons. The standard InChI is InChI=1S/C11H15N3O2S2/c1-14(18(15,16)13-9-4-5-9)10-6-2-8(3-7-10)11(12)17/h2-3,6-7,9,13H,4-5H2,1H3,(H2,12,17). The number of nitrogens with two attached hydrogens (primary N) is 1. The van der Waals surface area contributed by atoms with Crippen LogP contribution in [0.5, 0.6) is 0 Å². The van der Waals surface area contributed by atoms with E-state index >= 15 is 0 Å². The molecule has 5 nitrogen and oxygen atoms in total. The highest BCUT2D eigenvalue weighted by atomic mass is 32.2. The van der Waals surface area contributed by atoms with Gasteiger partial charge in [-0.3, -0.25) is 4.31 Å². The third-order valence-corrected chi connectivity index (χ3v) is 4.57. The van der Waals surface area contributed by atoms with Crippen LogP contribution in [0.4, 0.5) is 5.69 Å². The summed E-state index contributed by atoms with van der Waals surface area (Å²) >= 11 is 4.84. The van der Waals surface area contributed by atoms with E-state index in [-0.39, 0.29) is 6.04 Å². The van der Waals surface area contributed by atoms with E-state index in [0.29, 0.717) is 10.7 Å². The molecule has 0 atom stereocenters. The molecule has 0 unspecified atom stereocenters. The van der Waals surface area contributed by atoms with E-state index in [1.54, 1.807) is 24.3 Å². The maximum absolute atomic E-state index is 12.0. The van der Waals surface area contributed by atoms with Crippen molar-refractivity contribution in [3.05, 3.63) is 29.8 Å². The van der Waals surface area contributed by atoms with Crippen LogP contribution in [0.15, 0.2) is 24.3 Å². The molecule has 1 fully saturated rings. The molecule has 3 N–H and O–H groups in total. The molecule has 0 spiro atoms. The van der Waals surface area contributed by atoms with Gasteiger partial charge in [0.2, 0.25) is 0 Å². The van der Waals surface area contributed by atoms with Gasteiger partial charge >= 0.3 is 10.2 Å². The fourth-order valence-electron chi connectivity index (χ4n) is 1.47. The Bertz CT molecular complexity index is 550.